The van der Waals surface area contributed by atoms with Crippen LogP contribution in [-0.4, -0.2) is 59.0 Å². The van der Waals surface area contributed by atoms with Crippen LogP contribution in [0, 0.1) is 0 Å². The van der Waals surface area contributed by atoms with E-state index in [1.807, 2.05) is 31.9 Å². The largest absolute Gasteiger partial charge is 0.444 e. The Hall–Kier alpha value is -1.54. The molecule has 7 nitrogen and oxygen atoms in total. The van der Waals surface area contributed by atoms with Crippen molar-refractivity contribution in [2.24, 2.45) is 0 Å². The Bertz CT molecular complexity index is 647. The predicted molar refractivity (Wildman–Crippen MR) is 99.2 cm³/mol. The molecule has 0 spiro atoms. The zero-order valence-corrected chi connectivity index (χ0v) is 16.2. The van der Waals surface area contributed by atoms with E-state index < -0.39 is 5.60 Å². The first-order chi connectivity index (χ1) is 11.9. The monoisotopic (exact) mass is 365 g/mol. The first kappa shape index (κ1) is 18.3. The van der Waals surface area contributed by atoms with Crippen LogP contribution < -0.4 is 10.6 Å². The maximum absolute atomic E-state index is 12.7. The summed E-state index contributed by atoms with van der Waals surface area (Å²) in [5.74, 6) is 0.912. The highest BCUT2D eigenvalue weighted by Gasteiger charge is 2.35. The number of carbonyl (C=O) groups is 1. The minimum Gasteiger partial charge on any atom is -0.444 e. The van der Waals surface area contributed by atoms with Gasteiger partial charge in [-0.25, -0.2) is 14.8 Å². The average molecular weight is 366 g/mol. The minimum atomic E-state index is -0.510. The number of thioether (sulfide) groups is 1. The fraction of sp³-hybridized carbons (Fsp3) is 0.706. The molecule has 1 fully saturated rings. The Labute approximate surface area is 153 Å². The number of nitrogens with zero attached hydrogens (tertiary/aromatic N) is 3. The summed E-state index contributed by atoms with van der Waals surface area (Å²) in [5, 5.41) is 7.50. The van der Waals surface area contributed by atoms with E-state index in [0.29, 0.717) is 13.1 Å². The van der Waals surface area contributed by atoms with Gasteiger partial charge in [-0.2, -0.15) is 0 Å². The Morgan fingerprint density at radius 3 is 2.84 bits per heavy atom. The van der Waals surface area contributed by atoms with Gasteiger partial charge >= 0.3 is 6.09 Å². The molecule has 1 amide bonds. The van der Waals surface area contributed by atoms with Crippen LogP contribution in [0.2, 0.25) is 0 Å². The fourth-order valence-electron chi connectivity index (χ4n) is 3.20. The first-order valence-electron chi connectivity index (χ1n) is 8.78. The number of hydrogen-bond acceptors (Lipinski definition) is 7. The quantitative estimate of drug-likeness (QED) is 0.615. The van der Waals surface area contributed by atoms with Crippen LogP contribution in [0.15, 0.2) is 5.16 Å². The number of rotatable bonds is 2. The molecule has 138 valence electrons. The van der Waals surface area contributed by atoms with Gasteiger partial charge in [0, 0.05) is 31.7 Å². The van der Waals surface area contributed by atoms with Gasteiger partial charge in [-0.3, -0.25) is 4.90 Å². The van der Waals surface area contributed by atoms with Crippen molar-refractivity contribution in [1.29, 1.82) is 0 Å². The molecule has 2 N–H and O–H groups in total. The number of fused-ring (bicyclic) bond motifs is 1. The van der Waals surface area contributed by atoms with Crippen LogP contribution in [-0.2, 0) is 11.2 Å². The molecular formula is C17H27N5O2S. The van der Waals surface area contributed by atoms with Crippen molar-refractivity contribution in [2.45, 2.75) is 50.4 Å². The number of anilines is 1. The van der Waals surface area contributed by atoms with Gasteiger partial charge in [-0.1, -0.05) is 11.8 Å². The summed E-state index contributed by atoms with van der Waals surface area (Å²) in [5.41, 5.74) is 1.56. The molecule has 1 unspecified atom stereocenters. The standard InChI is InChI=1S/C17H27N5O2S/c1-17(2,3)24-16(23)22-9-8-18-10-12(22)13-11-6-5-7-19-14(11)21-15(20-13)25-4/h12,18H,5-10H2,1-4H3,(H,19,20,21). The molecule has 1 saturated heterocycles. The van der Waals surface area contributed by atoms with Crippen LogP contribution in [0.1, 0.15) is 44.5 Å². The van der Waals surface area contributed by atoms with Crippen molar-refractivity contribution in [3.63, 3.8) is 0 Å². The highest BCUT2D eigenvalue weighted by molar-refractivity contribution is 7.98. The lowest BCUT2D eigenvalue weighted by atomic mass is 9.99. The third kappa shape index (κ3) is 4.17. The van der Waals surface area contributed by atoms with Crippen molar-refractivity contribution in [3.8, 4) is 0 Å². The summed E-state index contributed by atoms with van der Waals surface area (Å²) < 4.78 is 5.62. The molecule has 25 heavy (non-hydrogen) atoms. The van der Waals surface area contributed by atoms with Crippen LogP contribution in [0.3, 0.4) is 0 Å². The van der Waals surface area contributed by atoms with E-state index in [-0.39, 0.29) is 12.1 Å². The fourth-order valence-corrected chi connectivity index (χ4v) is 3.57. The summed E-state index contributed by atoms with van der Waals surface area (Å²) in [7, 11) is 0. The van der Waals surface area contributed by atoms with Crippen molar-refractivity contribution >= 4 is 23.7 Å². The summed E-state index contributed by atoms with van der Waals surface area (Å²) in [6, 6.07) is -0.133. The van der Waals surface area contributed by atoms with Gasteiger partial charge in [0.15, 0.2) is 5.16 Å². The van der Waals surface area contributed by atoms with E-state index >= 15 is 0 Å². The topological polar surface area (TPSA) is 79.4 Å². The molecule has 0 aliphatic carbocycles. The second kappa shape index (κ2) is 7.37. The molecule has 0 saturated carbocycles. The Kier molecular flexibility index (Phi) is 5.38. The van der Waals surface area contributed by atoms with Crippen molar-refractivity contribution < 1.29 is 9.53 Å². The van der Waals surface area contributed by atoms with E-state index in [1.165, 1.54) is 11.8 Å². The Morgan fingerprint density at radius 2 is 2.12 bits per heavy atom. The van der Waals surface area contributed by atoms with Crippen LogP contribution in [0.5, 0.6) is 0 Å². The van der Waals surface area contributed by atoms with E-state index in [1.54, 1.807) is 0 Å². The third-order valence-corrected chi connectivity index (χ3v) is 4.83. The molecule has 0 radical (unpaired) electrons. The van der Waals surface area contributed by atoms with Gasteiger partial charge in [0.25, 0.3) is 0 Å². The van der Waals surface area contributed by atoms with Gasteiger partial charge in [0.05, 0.1) is 11.7 Å². The summed E-state index contributed by atoms with van der Waals surface area (Å²) in [6.45, 7) is 8.66. The summed E-state index contributed by atoms with van der Waals surface area (Å²) in [4.78, 5) is 23.9. The van der Waals surface area contributed by atoms with Crippen LogP contribution in [0.4, 0.5) is 10.6 Å². The number of ether oxygens (including phenoxy) is 1. The Morgan fingerprint density at radius 1 is 1.32 bits per heavy atom. The second-order valence-corrected chi connectivity index (χ2v) is 8.12. The molecular weight excluding hydrogens is 338 g/mol. The molecule has 8 heteroatoms. The number of piperazine rings is 1. The second-order valence-electron chi connectivity index (χ2n) is 7.35. The molecule has 1 atom stereocenters. The van der Waals surface area contributed by atoms with E-state index in [9.17, 15) is 4.79 Å². The average Bonchev–Trinajstić information content (AvgIpc) is 2.59. The van der Waals surface area contributed by atoms with Gasteiger partial charge in [0.1, 0.15) is 11.4 Å². The molecule has 2 aliphatic heterocycles. The van der Waals surface area contributed by atoms with Gasteiger partial charge < -0.3 is 15.4 Å². The first-order valence-corrected chi connectivity index (χ1v) is 10.0. The number of carbonyl (C=O) groups excluding carboxylic acids is 1. The molecule has 1 aromatic heterocycles. The zero-order chi connectivity index (χ0) is 18.0. The smallest absolute Gasteiger partial charge is 0.410 e. The van der Waals surface area contributed by atoms with E-state index in [4.69, 9.17) is 9.72 Å². The predicted octanol–water partition coefficient (Wildman–Crippen LogP) is 2.44. The lowest BCUT2D eigenvalue weighted by Crippen LogP contribution is -2.50. The third-order valence-electron chi connectivity index (χ3n) is 4.28. The van der Waals surface area contributed by atoms with Crippen molar-refractivity contribution in [2.75, 3.05) is 37.8 Å². The van der Waals surface area contributed by atoms with Gasteiger partial charge in [0.2, 0.25) is 0 Å². The lowest BCUT2D eigenvalue weighted by molar-refractivity contribution is 0.0111. The summed E-state index contributed by atoms with van der Waals surface area (Å²) >= 11 is 1.52. The maximum atomic E-state index is 12.7. The zero-order valence-electron chi connectivity index (χ0n) is 15.4. The van der Waals surface area contributed by atoms with Crippen molar-refractivity contribution in [3.05, 3.63) is 11.3 Å². The minimum absolute atomic E-state index is 0.133. The number of hydrogen-bond donors (Lipinski definition) is 2. The highest BCUT2D eigenvalue weighted by atomic mass is 32.2. The SMILES string of the molecule is CSc1nc2c(c(C3CNCCN3C(=O)OC(C)(C)C)n1)CCCN2. The van der Waals surface area contributed by atoms with Gasteiger partial charge in [-0.15, -0.1) is 0 Å². The molecule has 0 bridgehead atoms. The summed E-state index contributed by atoms with van der Waals surface area (Å²) in [6.07, 6.45) is 3.68. The van der Waals surface area contributed by atoms with Crippen LogP contribution >= 0.6 is 11.8 Å². The van der Waals surface area contributed by atoms with Crippen molar-refractivity contribution in [1.82, 2.24) is 20.2 Å². The number of aromatic nitrogens is 2. The highest BCUT2D eigenvalue weighted by Crippen LogP contribution is 2.32. The Balaban J connectivity index is 1.96. The molecule has 3 rings (SSSR count). The maximum Gasteiger partial charge on any atom is 0.410 e. The number of nitrogens with one attached hydrogen (secondary N) is 2. The van der Waals surface area contributed by atoms with E-state index in [0.717, 1.165) is 48.2 Å². The van der Waals surface area contributed by atoms with E-state index in [2.05, 4.69) is 15.6 Å². The number of amides is 1. The van der Waals surface area contributed by atoms with Crippen LogP contribution in [0.25, 0.3) is 0 Å². The lowest BCUT2D eigenvalue weighted by Gasteiger charge is -2.38. The van der Waals surface area contributed by atoms with Gasteiger partial charge in [-0.05, 0) is 39.9 Å². The molecule has 1 aromatic rings. The molecule has 0 aromatic carbocycles. The molecule has 2 aliphatic rings. The molecule has 3 heterocycles. The normalized spacial score (nSPS) is 20.6.